The number of para-hydroxylation sites is 1. The number of nitrogens with zero attached hydrogens (tertiary/aromatic N) is 2. The average Bonchev–Trinajstić information content (AvgIpc) is 3.20. The molecule has 1 aliphatic heterocycles. The van der Waals surface area contributed by atoms with Crippen LogP contribution in [-0.4, -0.2) is 29.9 Å². The van der Waals surface area contributed by atoms with Gasteiger partial charge in [-0.25, -0.2) is 12.4 Å². The molecule has 1 saturated heterocycles. The van der Waals surface area contributed by atoms with E-state index in [2.05, 4.69) is 25.3 Å². The number of hydrogen-bond donors (Lipinski definition) is 0. The number of fused-ring (bicyclic) bond motifs is 1. The Morgan fingerprint density at radius 3 is 2.57 bits per heavy atom. The molecule has 0 bridgehead atoms. The van der Waals surface area contributed by atoms with Crippen molar-refractivity contribution in [2.45, 2.75) is 51.1 Å². The number of benzene rings is 2. The predicted octanol–water partition coefficient (Wildman–Crippen LogP) is 5.36. The van der Waals surface area contributed by atoms with Crippen LogP contribution < -0.4 is 0 Å². The number of allylic oxidation sites excluding steroid dienone is 1. The van der Waals surface area contributed by atoms with Crippen molar-refractivity contribution < 1.29 is 8.42 Å². The lowest BCUT2D eigenvalue weighted by Crippen LogP contribution is -2.28. The highest BCUT2D eigenvalue weighted by Crippen LogP contribution is 2.39. The Bertz CT molecular complexity index is 1180. The number of aromatic nitrogens is 1. The van der Waals surface area contributed by atoms with Crippen LogP contribution in [0.25, 0.3) is 10.9 Å². The molecule has 4 nitrogen and oxygen atoms in total. The molecule has 158 valence electrons. The van der Waals surface area contributed by atoms with Gasteiger partial charge in [0.2, 0.25) is 0 Å². The molecule has 30 heavy (non-hydrogen) atoms. The molecule has 0 amide bonds. The number of hydrogen-bond acceptors (Lipinski definition) is 3. The minimum absolute atomic E-state index is 0.230. The third-order valence-corrected chi connectivity index (χ3v) is 8.03. The highest BCUT2D eigenvalue weighted by atomic mass is 32.2. The second kappa shape index (κ2) is 7.71. The summed E-state index contributed by atoms with van der Waals surface area (Å²) in [5.74, 6) is 0. The zero-order valence-electron chi connectivity index (χ0n) is 18.0. The fourth-order valence-electron chi connectivity index (χ4n) is 4.85. The molecule has 0 spiro atoms. The van der Waals surface area contributed by atoms with Gasteiger partial charge >= 0.3 is 0 Å². The van der Waals surface area contributed by atoms with Gasteiger partial charge in [-0.3, -0.25) is 4.90 Å². The Labute approximate surface area is 179 Å². The molecule has 1 fully saturated rings. The smallest absolute Gasteiger partial charge is 0.268 e. The van der Waals surface area contributed by atoms with Crippen molar-refractivity contribution >= 4 is 20.9 Å². The van der Waals surface area contributed by atoms with Crippen molar-refractivity contribution in [1.29, 1.82) is 0 Å². The normalized spacial score (nSPS) is 22.6. The summed E-state index contributed by atoms with van der Waals surface area (Å²) >= 11 is 0. The van der Waals surface area contributed by atoms with Crippen LogP contribution in [0, 0.1) is 12.3 Å². The van der Waals surface area contributed by atoms with Crippen LogP contribution >= 0.6 is 0 Å². The standard InChI is InChI=1S/C25H30N2O2S/c1-5-14-25(4)15-20(3)26(18-25)16-21-17-27(24-9-7-6-8-23(21)24)30(28,29)22-12-10-19(2)11-13-22/h5-13,17,20H,1,14-16,18H2,2-4H3/t20?,25-/m1/s1. The van der Waals surface area contributed by atoms with E-state index in [9.17, 15) is 8.42 Å². The average molecular weight is 423 g/mol. The molecule has 4 rings (SSSR count). The fourth-order valence-corrected chi connectivity index (χ4v) is 6.24. The molecule has 1 aliphatic rings. The summed E-state index contributed by atoms with van der Waals surface area (Å²) in [6, 6.07) is 15.3. The highest BCUT2D eigenvalue weighted by molar-refractivity contribution is 7.90. The molecule has 2 atom stereocenters. The van der Waals surface area contributed by atoms with Gasteiger partial charge in [-0.05, 0) is 55.9 Å². The van der Waals surface area contributed by atoms with Crippen LogP contribution in [-0.2, 0) is 16.6 Å². The number of aryl methyl sites for hydroxylation is 1. The molecule has 1 unspecified atom stereocenters. The van der Waals surface area contributed by atoms with E-state index in [1.165, 1.54) is 3.97 Å². The maximum absolute atomic E-state index is 13.4. The molecule has 0 N–H and O–H groups in total. The van der Waals surface area contributed by atoms with Crippen molar-refractivity contribution in [3.63, 3.8) is 0 Å². The van der Waals surface area contributed by atoms with E-state index in [1.807, 2.05) is 55.6 Å². The monoisotopic (exact) mass is 422 g/mol. The Balaban J connectivity index is 1.73. The lowest BCUT2D eigenvalue weighted by molar-refractivity contribution is 0.240. The third-order valence-electron chi connectivity index (χ3n) is 6.35. The second-order valence-corrected chi connectivity index (χ2v) is 10.9. The van der Waals surface area contributed by atoms with Gasteiger partial charge in [-0.2, -0.15) is 0 Å². The van der Waals surface area contributed by atoms with E-state index in [4.69, 9.17) is 0 Å². The van der Waals surface area contributed by atoms with Gasteiger partial charge in [0, 0.05) is 30.7 Å². The Kier molecular flexibility index (Phi) is 5.37. The summed E-state index contributed by atoms with van der Waals surface area (Å²) in [6.45, 7) is 12.2. The largest absolute Gasteiger partial charge is 0.296 e. The third kappa shape index (κ3) is 3.72. The van der Waals surface area contributed by atoms with E-state index in [-0.39, 0.29) is 5.41 Å². The van der Waals surface area contributed by atoms with Crippen molar-refractivity contribution in [3.8, 4) is 0 Å². The zero-order chi connectivity index (χ0) is 21.5. The number of likely N-dealkylation sites (tertiary alicyclic amines) is 1. The van der Waals surface area contributed by atoms with Gasteiger partial charge in [0.05, 0.1) is 10.4 Å². The van der Waals surface area contributed by atoms with Gasteiger partial charge < -0.3 is 0 Å². The van der Waals surface area contributed by atoms with E-state index in [1.54, 1.807) is 12.1 Å². The van der Waals surface area contributed by atoms with E-state index in [0.29, 0.717) is 10.9 Å². The summed E-state index contributed by atoms with van der Waals surface area (Å²) in [6.07, 6.45) is 5.95. The maximum Gasteiger partial charge on any atom is 0.268 e. The van der Waals surface area contributed by atoms with Crippen molar-refractivity contribution in [2.75, 3.05) is 6.54 Å². The molecule has 2 aromatic carbocycles. The molecule has 1 aromatic heterocycles. The van der Waals surface area contributed by atoms with E-state index < -0.39 is 10.0 Å². The topological polar surface area (TPSA) is 42.3 Å². The first-order valence-electron chi connectivity index (χ1n) is 10.5. The van der Waals surface area contributed by atoms with Crippen LogP contribution in [0.3, 0.4) is 0 Å². The highest BCUT2D eigenvalue weighted by Gasteiger charge is 2.37. The SMILES string of the molecule is C=CC[C@]1(C)CC(C)N(Cc2cn(S(=O)(=O)c3ccc(C)cc3)c3ccccc23)C1. The van der Waals surface area contributed by atoms with Crippen LogP contribution in [0.15, 0.2) is 72.3 Å². The van der Waals surface area contributed by atoms with Crippen LogP contribution in [0.1, 0.15) is 37.8 Å². The Morgan fingerprint density at radius 2 is 1.87 bits per heavy atom. The molecule has 2 heterocycles. The Morgan fingerprint density at radius 1 is 1.17 bits per heavy atom. The van der Waals surface area contributed by atoms with Crippen LogP contribution in [0.2, 0.25) is 0 Å². The van der Waals surface area contributed by atoms with Gasteiger partial charge in [0.25, 0.3) is 10.0 Å². The minimum atomic E-state index is -3.66. The van der Waals surface area contributed by atoms with Crippen LogP contribution in [0.5, 0.6) is 0 Å². The molecular weight excluding hydrogens is 392 g/mol. The number of rotatable bonds is 6. The summed E-state index contributed by atoms with van der Waals surface area (Å²) in [5.41, 5.74) is 3.05. The second-order valence-electron chi connectivity index (χ2n) is 9.05. The molecule has 3 aromatic rings. The van der Waals surface area contributed by atoms with Gasteiger partial charge in [0.1, 0.15) is 0 Å². The fraction of sp³-hybridized carbons (Fsp3) is 0.360. The summed E-state index contributed by atoms with van der Waals surface area (Å²) in [4.78, 5) is 2.78. The maximum atomic E-state index is 13.4. The summed E-state index contributed by atoms with van der Waals surface area (Å²) in [7, 11) is -3.66. The lowest BCUT2D eigenvalue weighted by Gasteiger charge is -2.23. The minimum Gasteiger partial charge on any atom is -0.296 e. The van der Waals surface area contributed by atoms with Gasteiger partial charge in [-0.1, -0.05) is 48.9 Å². The van der Waals surface area contributed by atoms with Gasteiger partial charge in [-0.15, -0.1) is 6.58 Å². The molecule has 0 aliphatic carbocycles. The van der Waals surface area contributed by atoms with Crippen LogP contribution in [0.4, 0.5) is 0 Å². The molecule has 0 radical (unpaired) electrons. The predicted molar refractivity (Wildman–Crippen MR) is 123 cm³/mol. The first kappa shape index (κ1) is 20.9. The summed E-state index contributed by atoms with van der Waals surface area (Å²) in [5, 5.41) is 0.998. The van der Waals surface area contributed by atoms with Gasteiger partial charge in [0.15, 0.2) is 0 Å². The Hall–Kier alpha value is -2.37. The van der Waals surface area contributed by atoms with E-state index >= 15 is 0 Å². The van der Waals surface area contributed by atoms with E-state index in [0.717, 1.165) is 48.0 Å². The van der Waals surface area contributed by atoms with Crippen molar-refractivity contribution in [1.82, 2.24) is 8.87 Å². The summed E-state index contributed by atoms with van der Waals surface area (Å²) < 4.78 is 28.3. The van der Waals surface area contributed by atoms with Crippen molar-refractivity contribution in [3.05, 3.63) is 78.5 Å². The molecule has 0 saturated carbocycles. The molecular formula is C25H30N2O2S. The first-order valence-corrected chi connectivity index (χ1v) is 11.9. The zero-order valence-corrected chi connectivity index (χ0v) is 18.8. The quantitative estimate of drug-likeness (QED) is 0.502. The lowest BCUT2D eigenvalue weighted by atomic mass is 9.85. The van der Waals surface area contributed by atoms with Crippen molar-refractivity contribution in [2.24, 2.45) is 5.41 Å². The molecule has 5 heteroatoms. The first-order chi connectivity index (χ1) is 14.2.